The highest BCUT2D eigenvalue weighted by Crippen LogP contribution is 2.51. The quantitative estimate of drug-likeness (QED) is 0.741. The Kier molecular flexibility index (Phi) is 4.84. The van der Waals surface area contributed by atoms with Gasteiger partial charge in [0.05, 0.1) is 17.3 Å². The molecule has 3 aliphatic rings. The van der Waals surface area contributed by atoms with Crippen LogP contribution in [0.15, 0.2) is 54.6 Å². The topological polar surface area (TPSA) is 35.6 Å². The number of piperazine rings is 1. The molecule has 2 heterocycles. The van der Waals surface area contributed by atoms with Crippen molar-refractivity contribution in [3.8, 4) is 0 Å². The van der Waals surface area contributed by atoms with E-state index in [-0.39, 0.29) is 11.9 Å². The van der Waals surface area contributed by atoms with Crippen LogP contribution < -0.4 is 5.32 Å². The second-order valence-electron chi connectivity index (χ2n) is 8.36. The number of nitrogens with one attached hydrogen (secondary N) is 1. The Morgan fingerprint density at radius 1 is 1.03 bits per heavy atom. The molecule has 2 aromatic rings. The summed E-state index contributed by atoms with van der Waals surface area (Å²) in [6, 6.07) is 14.3. The number of carbonyl (C=O) groups excluding carboxylic acids is 1. The smallest absolute Gasteiger partial charge is 0.256 e. The van der Waals surface area contributed by atoms with E-state index in [1.54, 1.807) is 0 Å². The summed E-state index contributed by atoms with van der Waals surface area (Å²) in [6.07, 6.45) is 5.59. The van der Waals surface area contributed by atoms with Crippen molar-refractivity contribution < 1.29 is 4.79 Å². The van der Waals surface area contributed by atoms with Gasteiger partial charge in [-0.25, -0.2) is 0 Å². The van der Waals surface area contributed by atoms with Gasteiger partial charge in [0.25, 0.3) is 5.91 Å². The lowest BCUT2D eigenvalue weighted by Crippen LogP contribution is -2.47. The molecule has 0 radical (unpaired) electrons. The van der Waals surface area contributed by atoms with E-state index in [1.165, 1.54) is 5.56 Å². The Labute approximate surface area is 177 Å². The number of fused-ring (bicyclic) bond motifs is 3. The van der Waals surface area contributed by atoms with Crippen LogP contribution in [0.3, 0.4) is 0 Å². The highest BCUT2D eigenvalue weighted by molar-refractivity contribution is 6.31. The lowest BCUT2D eigenvalue weighted by atomic mass is 9.76. The molecule has 1 amide bonds. The van der Waals surface area contributed by atoms with Gasteiger partial charge >= 0.3 is 0 Å². The van der Waals surface area contributed by atoms with E-state index >= 15 is 0 Å². The number of nitrogens with zero attached hydrogens (tertiary/aromatic N) is 2. The van der Waals surface area contributed by atoms with Gasteiger partial charge in [-0.15, -0.1) is 0 Å². The highest BCUT2D eigenvalue weighted by Gasteiger charge is 2.40. The van der Waals surface area contributed by atoms with Gasteiger partial charge in [-0.1, -0.05) is 54.1 Å². The van der Waals surface area contributed by atoms with E-state index < -0.39 is 0 Å². The Morgan fingerprint density at radius 3 is 2.59 bits per heavy atom. The molecule has 5 rings (SSSR count). The van der Waals surface area contributed by atoms with E-state index in [0.717, 1.165) is 54.4 Å². The van der Waals surface area contributed by atoms with E-state index in [4.69, 9.17) is 11.6 Å². The summed E-state index contributed by atoms with van der Waals surface area (Å²) >= 11 is 6.57. The first-order valence-corrected chi connectivity index (χ1v) is 10.8. The Hall–Kier alpha value is -2.30. The zero-order chi connectivity index (χ0) is 20.0. The van der Waals surface area contributed by atoms with Crippen molar-refractivity contribution in [3.63, 3.8) is 0 Å². The normalized spacial score (nSPS) is 26.0. The van der Waals surface area contributed by atoms with Crippen LogP contribution in [0.1, 0.15) is 39.9 Å². The standard InChI is InChI=1S/C24H26ClN3O/c1-27-12-14-28(15-13-27)24(29)20-10-5-9-18-16-7-4-8-17(16)22(26-23(18)20)19-6-2-3-11-21(19)25/h2-7,9-11,16-17,22,26H,8,12-15H2,1H3. The lowest BCUT2D eigenvalue weighted by molar-refractivity contribution is 0.0664. The summed E-state index contributed by atoms with van der Waals surface area (Å²) in [5, 5.41) is 4.52. The summed E-state index contributed by atoms with van der Waals surface area (Å²) in [4.78, 5) is 17.7. The van der Waals surface area contributed by atoms with Crippen molar-refractivity contribution in [3.05, 3.63) is 76.3 Å². The fourth-order valence-electron chi connectivity index (χ4n) is 5.01. The molecule has 0 spiro atoms. The molecule has 2 aliphatic heterocycles. The number of para-hydroxylation sites is 1. The maximum Gasteiger partial charge on any atom is 0.256 e. The number of rotatable bonds is 2. The van der Waals surface area contributed by atoms with Crippen LogP contribution in [0, 0.1) is 5.92 Å². The fraction of sp³-hybridized carbons (Fsp3) is 0.375. The van der Waals surface area contributed by atoms with Gasteiger partial charge in [0.1, 0.15) is 0 Å². The van der Waals surface area contributed by atoms with Crippen molar-refractivity contribution in [2.75, 3.05) is 38.5 Å². The number of allylic oxidation sites excluding steroid dienone is 2. The molecule has 5 heteroatoms. The minimum Gasteiger partial charge on any atom is -0.377 e. The van der Waals surface area contributed by atoms with Crippen molar-refractivity contribution in [2.45, 2.75) is 18.4 Å². The zero-order valence-corrected chi connectivity index (χ0v) is 17.4. The molecule has 1 fully saturated rings. The molecule has 0 aromatic heterocycles. The monoisotopic (exact) mass is 407 g/mol. The number of likely N-dealkylation sites (N-methyl/N-ethyl adjacent to an activating group) is 1. The SMILES string of the molecule is CN1CCN(C(=O)c2cccc3c2NC(c2ccccc2Cl)C2CC=CC32)CC1. The van der Waals surface area contributed by atoms with Gasteiger partial charge in [0.2, 0.25) is 0 Å². The van der Waals surface area contributed by atoms with Crippen LogP contribution in [0.5, 0.6) is 0 Å². The van der Waals surface area contributed by atoms with E-state index in [9.17, 15) is 4.79 Å². The molecule has 0 bridgehead atoms. The summed E-state index contributed by atoms with van der Waals surface area (Å²) in [5.74, 6) is 0.852. The minimum absolute atomic E-state index is 0.0950. The third kappa shape index (κ3) is 3.24. The van der Waals surface area contributed by atoms with E-state index in [1.807, 2.05) is 35.2 Å². The zero-order valence-electron chi connectivity index (χ0n) is 16.6. The van der Waals surface area contributed by atoms with Crippen LogP contribution in [-0.2, 0) is 0 Å². The first-order chi connectivity index (χ1) is 14.1. The predicted octanol–water partition coefficient (Wildman–Crippen LogP) is 4.55. The van der Waals surface area contributed by atoms with Gasteiger partial charge < -0.3 is 15.1 Å². The van der Waals surface area contributed by atoms with Gasteiger partial charge in [-0.3, -0.25) is 4.79 Å². The largest absolute Gasteiger partial charge is 0.377 e. The average molecular weight is 408 g/mol. The van der Waals surface area contributed by atoms with Gasteiger partial charge in [-0.05, 0) is 42.6 Å². The summed E-state index contributed by atoms with van der Waals surface area (Å²) in [7, 11) is 2.11. The van der Waals surface area contributed by atoms with Crippen molar-refractivity contribution >= 4 is 23.2 Å². The Bertz CT molecular complexity index is 964. The molecule has 1 N–H and O–H groups in total. The van der Waals surface area contributed by atoms with E-state index in [2.05, 4.69) is 41.5 Å². The third-order valence-corrected chi connectivity index (χ3v) is 7.00. The maximum atomic E-state index is 13.4. The second-order valence-corrected chi connectivity index (χ2v) is 8.77. The molecular weight excluding hydrogens is 382 g/mol. The van der Waals surface area contributed by atoms with Crippen molar-refractivity contribution in [2.24, 2.45) is 5.92 Å². The summed E-state index contributed by atoms with van der Waals surface area (Å²) < 4.78 is 0. The highest BCUT2D eigenvalue weighted by atomic mass is 35.5. The number of hydrogen-bond acceptors (Lipinski definition) is 3. The number of amides is 1. The number of anilines is 1. The number of hydrogen-bond donors (Lipinski definition) is 1. The number of halogens is 1. The van der Waals surface area contributed by atoms with Gasteiger partial charge in [0, 0.05) is 37.1 Å². The molecule has 4 nitrogen and oxygen atoms in total. The molecule has 3 atom stereocenters. The number of carbonyl (C=O) groups is 1. The molecule has 2 aromatic carbocycles. The third-order valence-electron chi connectivity index (χ3n) is 6.66. The Morgan fingerprint density at radius 2 is 1.79 bits per heavy atom. The molecular formula is C24H26ClN3O. The minimum atomic E-state index is 0.0950. The molecule has 29 heavy (non-hydrogen) atoms. The van der Waals surface area contributed by atoms with Crippen LogP contribution in [0.2, 0.25) is 5.02 Å². The first kappa shape index (κ1) is 18.7. The summed E-state index contributed by atoms with van der Waals surface area (Å²) in [5.41, 5.74) is 4.10. The van der Waals surface area contributed by atoms with Crippen LogP contribution in [0.4, 0.5) is 5.69 Å². The second kappa shape index (κ2) is 7.51. The lowest BCUT2D eigenvalue weighted by Gasteiger charge is -2.39. The van der Waals surface area contributed by atoms with Gasteiger partial charge in [0.15, 0.2) is 0 Å². The molecule has 0 saturated carbocycles. The van der Waals surface area contributed by atoms with Crippen LogP contribution in [0.25, 0.3) is 0 Å². The molecule has 3 unspecified atom stereocenters. The average Bonchev–Trinajstić information content (AvgIpc) is 3.24. The number of benzene rings is 2. The van der Waals surface area contributed by atoms with Crippen molar-refractivity contribution in [1.82, 2.24) is 9.80 Å². The maximum absolute atomic E-state index is 13.4. The molecule has 1 saturated heterocycles. The predicted molar refractivity (Wildman–Crippen MR) is 118 cm³/mol. The van der Waals surface area contributed by atoms with E-state index in [0.29, 0.717) is 11.8 Å². The van der Waals surface area contributed by atoms with Crippen LogP contribution >= 0.6 is 11.6 Å². The molecule has 150 valence electrons. The van der Waals surface area contributed by atoms with Crippen molar-refractivity contribution in [1.29, 1.82) is 0 Å². The fourth-order valence-corrected chi connectivity index (χ4v) is 5.27. The van der Waals surface area contributed by atoms with Crippen LogP contribution in [-0.4, -0.2) is 48.9 Å². The van der Waals surface area contributed by atoms with Gasteiger partial charge in [-0.2, -0.15) is 0 Å². The summed E-state index contributed by atoms with van der Waals surface area (Å²) in [6.45, 7) is 3.39. The molecule has 1 aliphatic carbocycles. The first-order valence-electron chi connectivity index (χ1n) is 10.4. The Balaban J connectivity index is 1.54.